The van der Waals surface area contributed by atoms with E-state index in [0.717, 1.165) is 11.6 Å². The van der Waals surface area contributed by atoms with Crippen molar-refractivity contribution in [3.8, 4) is 11.1 Å². The van der Waals surface area contributed by atoms with Gasteiger partial charge in [0.15, 0.2) is 0 Å². The number of ether oxygens (including phenoxy) is 1. The molecule has 1 amide bonds. The zero-order valence-corrected chi connectivity index (χ0v) is 23.3. The Hall–Kier alpha value is -4.11. The van der Waals surface area contributed by atoms with Crippen LogP contribution in [0.5, 0.6) is 0 Å². The third kappa shape index (κ3) is 6.97. The van der Waals surface area contributed by atoms with Crippen LogP contribution in [-0.2, 0) is 33.3 Å². The predicted molar refractivity (Wildman–Crippen MR) is 151 cm³/mol. The first-order valence-corrected chi connectivity index (χ1v) is 13.1. The van der Waals surface area contributed by atoms with Gasteiger partial charge in [0.1, 0.15) is 5.58 Å². The molecule has 10 heteroatoms. The van der Waals surface area contributed by atoms with Crippen LogP contribution in [0.3, 0.4) is 0 Å². The SMILES string of the molecule is COC(=O)CCCc1cccc(-c2c(CC(=O)Nc3ccc(C)cc3C(F)(F)F)c(=O)oc3cc(Cl)c(C)cc23)c1. The van der Waals surface area contributed by atoms with Gasteiger partial charge in [-0.3, -0.25) is 9.59 Å². The van der Waals surface area contributed by atoms with Crippen LogP contribution in [0.2, 0.25) is 5.02 Å². The molecule has 4 aromatic rings. The van der Waals surface area contributed by atoms with Crippen LogP contribution < -0.4 is 10.9 Å². The largest absolute Gasteiger partial charge is 0.469 e. The van der Waals surface area contributed by atoms with Gasteiger partial charge in [0.2, 0.25) is 5.91 Å². The van der Waals surface area contributed by atoms with Crippen LogP contribution in [0.25, 0.3) is 22.1 Å². The van der Waals surface area contributed by atoms with Crippen LogP contribution in [-0.4, -0.2) is 19.0 Å². The Morgan fingerprint density at radius 1 is 1.05 bits per heavy atom. The first kappa shape index (κ1) is 29.9. The molecule has 0 saturated heterocycles. The molecule has 6 nitrogen and oxygen atoms in total. The summed E-state index contributed by atoms with van der Waals surface area (Å²) < 4.78 is 51.1. The lowest BCUT2D eigenvalue weighted by Crippen LogP contribution is -2.22. The second kappa shape index (κ2) is 12.2. The number of esters is 1. The average Bonchev–Trinajstić information content (AvgIpc) is 2.91. The number of benzene rings is 3. The number of alkyl halides is 3. The number of carbonyl (C=O) groups is 2. The van der Waals surface area contributed by atoms with Crippen molar-refractivity contribution < 1.29 is 31.9 Å². The van der Waals surface area contributed by atoms with E-state index in [-0.39, 0.29) is 23.5 Å². The number of methoxy groups -OCH3 is 1. The van der Waals surface area contributed by atoms with Gasteiger partial charge in [-0.1, -0.05) is 47.5 Å². The van der Waals surface area contributed by atoms with E-state index in [1.54, 1.807) is 25.1 Å². The third-order valence-corrected chi connectivity index (χ3v) is 7.07. The summed E-state index contributed by atoms with van der Waals surface area (Å²) in [5, 5.41) is 3.22. The zero-order valence-electron chi connectivity index (χ0n) is 22.6. The Kier molecular flexibility index (Phi) is 8.87. The van der Waals surface area contributed by atoms with Gasteiger partial charge in [0, 0.05) is 28.5 Å². The zero-order chi connectivity index (χ0) is 29.9. The number of hydrogen-bond acceptors (Lipinski definition) is 5. The number of aryl methyl sites for hydroxylation is 3. The number of fused-ring (bicyclic) bond motifs is 1. The maximum Gasteiger partial charge on any atom is 0.418 e. The second-order valence-electron chi connectivity index (χ2n) is 9.74. The number of amides is 1. The van der Waals surface area contributed by atoms with Crippen molar-refractivity contribution in [2.45, 2.75) is 45.7 Å². The van der Waals surface area contributed by atoms with Crippen LogP contribution in [0, 0.1) is 13.8 Å². The van der Waals surface area contributed by atoms with Crippen molar-refractivity contribution in [3.05, 3.63) is 97.9 Å². The fourth-order valence-electron chi connectivity index (χ4n) is 4.64. The maximum absolute atomic E-state index is 13.6. The van der Waals surface area contributed by atoms with Gasteiger partial charge in [0.05, 0.1) is 30.3 Å². The Bertz CT molecular complexity index is 1690. The second-order valence-corrected chi connectivity index (χ2v) is 10.1. The summed E-state index contributed by atoms with van der Waals surface area (Å²) in [7, 11) is 1.32. The van der Waals surface area contributed by atoms with Gasteiger partial charge >= 0.3 is 17.8 Å². The predicted octanol–water partition coefficient (Wildman–Crippen LogP) is 7.43. The highest BCUT2D eigenvalue weighted by atomic mass is 35.5. The van der Waals surface area contributed by atoms with Gasteiger partial charge < -0.3 is 14.5 Å². The van der Waals surface area contributed by atoms with Crippen molar-refractivity contribution in [1.82, 2.24) is 0 Å². The van der Waals surface area contributed by atoms with Gasteiger partial charge in [-0.15, -0.1) is 0 Å². The maximum atomic E-state index is 13.6. The molecule has 3 aromatic carbocycles. The summed E-state index contributed by atoms with van der Waals surface area (Å²) in [6.07, 6.45) is -3.90. The number of anilines is 1. The van der Waals surface area contributed by atoms with E-state index in [4.69, 9.17) is 20.8 Å². The average molecular weight is 586 g/mol. The molecule has 1 heterocycles. The molecule has 1 N–H and O–H groups in total. The number of nitrogens with one attached hydrogen (secondary N) is 1. The van der Waals surface area contributed by atoms with Crippen molar-refractivity contribution in [3.63, 3.8) is 0 Å². The summed E-state index contributed by atoms with van der Waals surface area (Å²) in [6.45, 7) is 3.30. The van der Waals surface area contributed by atoms with E-state index in [2.05, 4.69) is 5.32 Å². The van der Waals surface area contributed by atoms with Gasteiger partial charge in [-0.25, -0.2) is 4.79 Å². The first-order valence-electron chi connectivity index (χ1n) is 12.8. The summed E-state index contributed by atoms with van der Waals surface area (Å²) in [6, 6.07) is 14.1. The summed E-state index contributed by atoms with van der Waals surface area (Å²) in [5.74, 6) is -1.14. The Morgan fingerprint density at radius 3 is 2.51 bits per heavy atom. The van der Waals surface area contributed by atoms with Crippen molar-refractivity contribution in [2.24, 2.45) is 0 Å². The molecule has 0 aliphatic rings. The van der Waals surface area contributed by atoms with Gasteiger partial charge in [-0.2, -0.15) is 13.2 Å². The molecule has 0 atom stereocenters. The van der Waals surface area contributed by atoms with Gasteiger partial charge in [0.25, 0.3) is 0 Å². The van der Waals surface area contributed by atoms with Crippen LogP contribution in [0.15, 0.2) is 63.8 Å². The fraction of sp³-hybridized carbons (Fsp3) is 0.258. The smallest absolute Gasteiger partial charge is 0.418 e. The number of hydrogen-bond donors (Lipinski definition) is 1. The minimum absolute atomic E-state index is 0.0101. The highest BCUT2D eigenvalue weighted by Crippen LogP contribution is 2.37. The molecule has 0 radical (unpaired) electrons. The molecule has 4 rings (SSSR count). The number of carbonyl (C=O) groups excluding carboxylic acids is 2. The highest BCUT2D eigenvalue weighted by Gasteiger charge is 2.34. The van der Waals surface area contributed by atoms with Crippen LogP contribution >= 0.6 is 11.6 Å². The molecule has 41 heavy (non-hydrogen) atoms. The molecule has 0 aliphatic heterocycles. The van der Waals surface area contributed by atoms with Crippen molar-refractivity contribution >= 4 is 40.1 Å². The fourth-order valence-corrected chi connectivity index (χ4v) is 4.79. The van der Waals surface area contributed by atoms with Crippen molar-refractivity contribution in [2.75, 3.05) is 12.4 Å². The molecular weight excluding hydrogens is 559 g/mol. The van der Waals surface area contributed by atoms with Crippen LogP contribution in [0.1, 0.15) is 40.7 Å². The number of halogens is 4. The minimum atomic E-state index is -4.69. The monoisotopic (exact) mass is 585 g/mol. The summed E-state index contributed by atoms with van der Waals surface area (Å²) >= 11 is 6.28. The Labute approximate surface area is 239 Å². The quantitative estimate of drug-likeness (QED) is 0.172. The number of rotatable bonds is 8. The lowest BCUT2D eigenvalue weighted by atomic mass is 9.92. The van der Waals surface area contributed by atoms with Gasteiger partial charge in [-0.05, 0) is 61.6 Å². The van der Waals surface area contributed by atoms with E-state index in [1.807, 2.05) is 12.1 Å². The standard InChI is InChI=1S/C31H27ClF3NO5/c1-17-10-11-25(23(12-17)31(33,34)35)36-27(37)15-22-29(21-13-18(2)24(32)16-26(21)41-30(22)39)20-8-4-6-19(14-20)7-5-9-28(38)40-3/h4,6,8,10-14,16H,5,7,9,15H2,1-3H3,(H,36,37). The molecular formula is C31H27ClF3NO5. The third-order valence-electron chi connectivity index (χ3n) is 6.66. The molecule has 214 valence electrons. The van der Waals surface area contributed by atoms with Crippen LogP contribution in [0.4, 0.5) is 18.9 Å². The lowest BCUT2D eigenvalue weighted by Gasteiger charge is -2.16. The molecule has 0 fully saturated rings. The van der Waals surface area contributed by atoms with E-state index >= 15 is 0 Å². The normalized spacial score (nSPS) is 11.5. The molecule has 1 aromatic heterocycles. The Morgan fingerprint density at radius 2 is 1.80 bits per heavy atom. The van der Waals surface area contributed by atoms with Crippen molar-refractivity contribution in [1.29, 1.82) is 0 Å². The van der Waals surface area contributed by atoms with E-state index < -0.39 is 35.4 Å². The molecule has 0 aliphatic carbocycles. The lowest BCUT2D eigenvalue weighted by molar-refractivity contribution is -0.140. The molecule has 0 spiro atoms. The topological polar surface area (TPSA) is 85.6 Å². The van der Waals surface area contributed by atoms with E-state index in [0.29, 0.717) is 45.5 Å². The molecule has 0 unspecified atom stereocenters. The Balaban J connectivity index is 1.78. The highest BCUT2D eigenvalue weighted by molar-refractivity contribution is 6.32. The summed E-state index contributed by atoms with van der Waals surface area (Å²) in [5.41, 5.74) is 0.985. The summed E-state index contributed by atoms with van der Waals surface area (Å²) in [4.78, 5) is 37.9. The minimum Gasteiger partial charge on any atom is -0.469 e. The first-order chi connectivity index (χ1) is 19.4. The molecule has 0 bridgehead atoms. The van der Waals surface area contributed by atoms with E-state index in [1.165, 1.54) is 32.2 Å². The van der Waals surface area contributed by atoms with E-state index in [9.17, 15) is 27.6 Å². The molecule has 0 saturated carbocycles.